The molecule has 0 aliphatic heterocycles. The molecular weight excluding hydrogens is 280 g/mol. The van der Waals surface area contributed by atoms with Crippen molar-refractivity contribution in [3.63, 3.8) is 0 Å². The van der Waals surface area contributed by atoms with E-state index in [2.05, 4.69) is 9.97 Å². The third-order valence-corrected chi connectivity index (χ3v) is 4.68. The molecule has 0 saturated carbocycles. The molecule has 96 valence electrons. The van der Waals surface area contributed by atoms with Gasteiger partial charge in [0.15, 0.2) is 0 Å². The fraction of sp³-hybridized carbons (Fsp3) is 0.154. The monoisotopic (exact) mass is 290 g/mol. The van der Waals surface area contributed by atoms with Gasteiger partial charge in [-0.05, 0) is 29.3 Å². The van der Waals surface area contributed by atoms with Gasteiger partial charge in [-0.2, -0.15) is 9.97 Å². The third kappa shape index (κ3) is 2.02. The van der Waals surface area contributed by atoms with Crippen LogP contribution in [0.1, 0.15) is 20.9 Å². The summed E-state index contributed by atoms with van der Waals surface area (Å²) in [6.45, 7) is 1.96. The minimum absolute atomic E-state index is 0.0810. The number of fused-ring (bicyclic) bond motifs is 1. The van der Waals surface area contributed by atoms with Gasteiger partial charge in [0.25, 0.3) is 0 Å². The summed E-state index contributed by atoms with van der Waals surface area (Å²) in [4.78, 5) is 21.7. The summed E-state index contributed by atoms with van der Waals surface area (Å²) in [5.74, 6) is -0.0810. The lowest BCUT2D eigenvalue weighted by atomic mass is 10.2. The van der Waals surface area contributed by atoms with Gasteiger partial charge in [-0.1, -0.05) is 6.07 Å². The van der Waals surface area contributed by atoms with Crippen molar-refractivity contribution < 1.29 is 9.53 Å². The molecule has 0 aromatic carbocycles. The minimum Gasteiger partial charge on any atom is -0.467 e. The quantitative estimate of drug-likeness (QED) is 0.694. The van der Waals surface area contributed by atoms with E-state index in [9.17, 15) is 4.79 Å². The summed E-state index contributed by atoms with van der Waals surface area (Å²) in [5, 5.41) is 3.85. The molecule has 0 fully saturated rings. The van der Waals surface area contributed by atoms with Crippen LogP contribution in [0, 0.1) is 6.92 Å². The summed E-state index contributed by atoms with van der Waals surface area (Å²) in [7, 11) is 1.50. The first kappa shape index (κ1) is 12.3. The predicted molar refractivity (Wildman–Crippen MR) is 76.5 cm³/mol. The van der Waals surface area contributed by atoms with Crippen LogP contribution in [-0.2, 0) is 0 Å². The van der Waals surface area contributed by atoms with Gasteiger partial charge in [-0.25, -0.2) is 0 Å². The Morgan fingerprint density at radius 1 is 1.32 bits per heavy atom. The van der Waals surface area contributed by atoms with Crippen LogP contribution in [0.3, 0.4) is 0 Å². The van der Waals surface area contributed by atoms with E-state index in [1.165, 1.54) is 29.8 Å². The molecular formula is C13H10N2O2S2. The molecule has 0 aliphatic rings. The van der Waals surface area contributed by atoms with Crippen LogP contribution in [-0.4, -0.2) is 22.9 Å². The Bertz CT molecular complexity index is 747. The zero-order valence-corrected chi connectivity index (χ0v) is 12.0. The molecule has 0 radical (unpaired) electrons. The average molecular weight is 290 g/mol. The van der Waals surface area contributed by atoms with Crippen LogP contribution in [0.5, 0.6) is 6.01 Å². The Labute approximate surface area is 117 Å². The molecule has 0 spiro atoms. The van der Waals surface area contributed by atoms with E-state index < -0.39 is 0 Å². The van der Waals surface area contributed by atoms with E-state index in [0.29, 0.717) is 10.6 Å². The first-order valence-electron chi connectivity index (χ1n) is 5.58. The highest BCUT2D eigenvalue weighted by Gasteiger charge is 2.20. The summed E-state index contributed by atoms with van der Waals surface area (Å²) in [6, 6.07) is 3.88. The fourth-order valence-corrected chi connectivity index (χ4v) is 3.42. The van der Waals surface area contributed by atoms with Gasteiger partial charge in [0, 0.05) is 0 Å². The lowest BCUT2D eigenvalue weighted by molar-refractivity contribution is 0.103. The highest BCUT2D eigenvalue weighted by atomic mass is 32.1. The van der Waals surface area contributed by atoms with E-state index in [1.54, 1.807) is 6.07 Å². The highest BCUT2D eigenvalue weighted by molar-refractivity contribution is 7.18. The molecule has 3 aromatic rings. The number of methoxy groups -OCH3 is 1. The van der Waals surface area contributed by atoms with Crippen LogP contribution in [0.15, 0.2) is 22.9 Å². The second-order valence-electron chi connectivity index (χ2n) is 3.96. The summed E-state index contributed by atoms with van der Waals surface area (Å²) in [6.07, 6.45) is 0. The Morgan fingerprint density at radius 2 is 2.16 bits per heavy atom. The molecule has 0 bridgehead atoms. The smallest absolute Gasteiger partial charge is 0.317 e. The topological polar surface area (TPSA) is 52.1 Å². The van der Waals surface area contributed by atoms with Gasteiger partial charge >= 0.3 is 6.01 Å². The maximum atomic E-state index is 12.5. The van der Waals surface area contributed by atoms with Crippen molar-refractivity contribution in [1.82, 2.24) is 9.97 Å². The molecule has 0 unspecified atom stereocenters. The molecule has 3 aromatic heterocycles. The standard InChI is InChI=1S/C13H10N2O2S2/c1-7-6-19-12-9(7)14-13(17-2)15-10(12)11(16)8-4-3-5-18-8/h3-6H,1-2H3. The van der Waals surface area contributed by atoms with Crippen LogP contribution in [0.25, 0.3) is 10.2 Å². The number of aromatic nitrogens is 2. The van der Waals surface area contributed by atoms with Crippen LogP contribution in [0.2, 0.25) is 0 Å². The number of carbonyl (C=O) groups is 1. The largest absolute Gasteiger partial charge is 0.467 e. The van der Waals surface area contributed by atoms with E-state index in [0.717, 1.165) is 15.8 Å². The van der Waals surface area contributed by atoms with Gasteiger partial charge in [-0.15, -0.1) is 22.7 Å². The summed E-state index contributed by atoms with van der Waals surface area (Å²) < 4.78 is 5.90. The van der Waals surface area contributed by atoms with Gasteiger partial charge < -0.3 is 4.74 Å². The molecule has 0 amide bonds. The number of rotatable bonds is 3. The van der Waals surface area contributed by atoms with Gasteiger partial charge in [-0.3, -0.25) is 4.79 Å². The van der Waals surface area contributed by atoms with Crippen LogP contribution in [0.4, 0.5) is 0 Å². The number of carbonyl (C=O) groups excluding carboxylic acids is 1. The predicted octanol–water partition coefficient (Wildman–Crippen LogP) is 3.30. The zero-order valence-electron chi connectivity index (χ0n) is 10.3. The molecule has 0 atom stereocenters. The number of hydrogen-bond donors (Lipinski definition) is 0. The Balaban J connectivity index is 2.25. The number of hydrogen-bond acceptors (Lipinski definition) is 6. The SMILES string of the molecule is COc1nc(C(=O)c2cccs2)c2scc(C)c2n1. The van der Waals surface area contributed by atoms with Crippen molar-refractivity contribution >= 4 is 38.7 Å². The Hall–Kier alpha value is -1.79. The summed E-state index contributed by atoms with van der Waals surface area (Å²) in [5.41, 5.74) is 2.24. The number of ether oxygens (including phenoxy) is 1. The number of aryl methyl sites for hydroxylation is 1. The van der Waals surface area contributed by atoms with Gasteiger partial charge in [0.05, 0.1) is 22.2 Å². The van der Waals surface area contributed by atoms with E-state index in [1.807, 2.05) is 23.8 Å². The maximum Gasteiger partial charge on any atom is 0.317 e. The van der Waals surface area contributed by atoms with Gasteiger partial charge in [0.1, 0.15) is 5.69 Å². The number of thiophene rings is 2. The van der Waals surface area contributed by atoms with Crippen molar-refractivity contribution in [3.05, 3.63) is 39.0 Å². The molecule has 3 rings (SSSR count). The van der Waals surface area contributed by atoms with E-state index in [-0.39, 0.29) is 11.8 Å². The van der Waals surface area contributed by atoms with Crippen LogP contribution < -0.4 is 4.74 Å². The summed E-state index contributed by atoms with van der Waals surface area (Å²) >= 11 is 2.90. The number of ketones is 1. The maximum absolute atomic E-state index is 12.5. The second-order valence-corrected chi connectivity index (χ2v) is 5.79. The Kier molecular flexibility index (Phi) is 3.04. The minimum atomic E-state index is -0.0810. The lowest BCUT2D eigenvalue weighted by Gasteiger charge is -2.03. The Morgan fingerprint density at radius 3 is 2.84 bits per heavy atom. The van der Waals surface area contributed by atoms with Crippen molar-refractivity contribution in [2.75, 3.05) is 7.11 Å². The fourth-order valence-electron chi connectivity index (χ4n) is 1.78. The van der Waals surface area contributed by atoms with Crippen molar-refractivity contribution in [2.24, 2.45) is 0 Å². The van der Waals surface area contributed by atoms with E-state index >= 15 is 0 Å². The average Bonchev–Trinajstić information content (AvgIpc) is 3.07. The zero-order chi connectivity index (χ0) is 13.4. The molecule has 4 nitrogen and oxygen atoms in total. The molecule has 0 N–H and O–H groups in total. The molecule has 0 aliphatic carbocycles. The highest BCUT2D eigenvalue weighted by Crippen LogP contribution is 2.29. The molecule has 0 saturated heterocycles. The second kappa shape index (κ2) is 4.71. The van der Waals surface area contributed by atoms with Crippen molar-refractivity contribution in [1.29, 1.82) is 0 Å². The third-order valence-electron chi connectivity index (χ3n) is 2.71. The van der Waals surface area contributed by atoms with E-state index in [4.69, 9.17) is 4.74 Å². The molecule has 3 heterocycles. The number of nitrogens with zero attached hydrogens (tertiary/aromatic N) is 2. The van der Waals surface area contributed by atoms with Gasteiger partial charge in [0.2, 0.25) is 5.78 Å². The molecule has 6 heteroatoms. The van der Waals surface area contributed by atoms with Crippen molar-refractivity contribution in [3.8, 4) is 6.01 Å². The van der Waals surface area contributed by atoms with Crippen molar-refractivity contribution in [2.45, 2.75) is 6.92 Å². The first-order chi connectivity index (χ1) is 9.20. The first-order valence-corrected chi connectivity index (χ1v) is 7.34. The normalized spacial score (nSPS) is 10.8. The molecule has 19 heavy (non-hydrogen) atoms. The van der Waals surface area contributed by atoms with Crippen LogP contribution >= 0.6 is 22.7 Å². The lowest BCUT2D eigenvalue weighted by Crippen LogP contribution is -2.05.